The molecule has 3 N–H and O–H groups in total. The van der Waals surface area contributed by atoms with Crippen LogP contribution in [0.5, 0.6) is 5.75 Å². The number of ether oxygens (including phenoxy) is 1. The van der Waals surface area contributed by atoms with Crippen molar-refractivity contribution < 1.29 is 10.5 Å². The van der Waals surface area contributed by atoms with Gasteiger partial charge in [-0.15, -0.1) is 0 Å². The second-order valence-corrected chi connectivity index (χ2v) is 4.86. The van der Waals surface area contributed by atoms with Gasteiger partial charge in [0.2, 0.25) is 0 Å². The van der Waals surface area contributed by atoms with E-state index < -0.39 is 0 Å². The zero-order chi connectivity index (χ0) is 11.6. The molecular weight excluding hydrogens is 218 g/mol. The van der Waals surface area contributed by atoms with E-state index >= 15 is 0 Å². The molecule has 0 aliphatic heterocycles. The number of quaternary nitrogens is 1. The Balaban J connectivity index is 2.30. The minimum absolute atomic E-state index is 0.825. The molecule has 0 aliphatic rings. The Morgan fingerprint density at radius 2 is 2.00 bits per heavy atom. The second-order valence-electron chi connectivity index (χ2n) is 3.75. The maximum absolute atomic E-state index is 5.61. The van der Waals surface area contributed by atoms with Crippen LogP contribution in [-0.4, -0.2) is 18.9 Å². The van der Waals surface area contributed by atoms with E-state index in [1.807, 2.05) is 11.8 Å². The summed E-state index contributed by atoms with van der Waals surface area (Å²) in [6.07, 6.45) is 2.31. The van der Waals surface area contributed by atoms with E-state index in [4.69, 9.17) is 4.74 Å². The van der Waals surface area contributed by atoms with Gasteiger partial charge in [-0.25, -0.2) is 0 Å². The average molecular weight is 240 g/mol. The molecule has 2 nitrogen and oxygen atoms in total. The zero-order valence-electron chi connectivity index (χ0n) is 10.1. The van der Waals surface area contributed by atoms with E-state index in [2.05, 4.69) is 36.9 Å². The third kappa shape index (κ3) is 5.42. The minimum atomic E-state index is 0.825. The van der Waals surface area contributed by atoms with Gasteiger partial charge >= 0.3 is 0 Å². The molecule has 0 spiro atoms. The van der Waals surface area contributed by atoms with Crippen LogP contribution in [0.1, 0.15) is 25.3 Å². The Bertz CT molecular complexity index is 245. The van der Waals surface area contributed by atoms with Gasteiger partial charge in [-0.1, -0.05) is 25.5 Å². The highest BCUT2D eigenvalue weighted by molar-refractivity contribution is 7.98. The van der Waals surface area contributed by atoms with E-state index in [0.717, 1.165) is 36.8 Å². The fraction of sp³-hybridized carbons (Fsp3) is 0.538. The maximum atomic E-state index is 5.61. The summed E-state index contributed by atoms with van der Waals surface area (Å²) in [6, 6.07) is 8.43. The molecule has 90 valence electrons. The molecule has 0 radical (unpaired) electrons. The van der Waals surface area contributed by atoms with E-state index in [1.165, 1.54) is 12.0 Å². The van der Waals surface area contributed by atoms with E-state index in [9.17, 15) is 0 Å². The molecule has 1 aromatic carbocycles. The molecule has 0 saturated carbocycles. The van der Waals surface area contributed by atoms with Crippen molar-refractivity contribution in [2.24, 2.45) is 0 Å². The predicted molar refractivity (Wildman–Crippen MR) is 70.8 cm³/mol. The smallest absolute Gasteiger partial charge is 0.119 e. The van der Waals surface area contributed by atoms with Crippen molar-refractivity contribution in [2.75, 3.05) is 18.9 Å². The number of thioether (sulfide) groups is 1. The fourth-order valence-electron chi connectivity index (χ4n) is 1.31. The Morgan fingerprint density at radius 1 is 1.25 bits per heavy atom. The molecule has 0 aromatic heterocycles. The third-order valence-electron chi connectivity index (χ3n) is 2.25. The average Bonchev–Trinajstić information content (AvgIpc) is 2.32. The molecule has 0 unspecified atom stereocenters. The summed E-state index contributed by atoms with van der Waals surface area (Å²) in [5.41, 5.74) is 5.19. The Hall–Kier alpha value is -0.670. The monoisotopic (exact) mass is 240 g/mol. The van der Waals surface area contributed by atoms with Crippen molar-refractivity contribution >= 4 is 11.8 Å². The van der Waals surface area contributed by atoms with Crippen LogP contribution in [-0.2, 0) is 5.75 Å². The predicted octanol–water partition coefficient (Wildman–Crippen LogP) is 2.34. The summed E-state index contributed by atoms with van der Waals surface area (Å²) in [7, 11) is 0. The largest absolute Gasteiger partial charge is 0.494 e. The van der Waals surface area contributed by atoms with Crippen molar-refractivity contribution in [2.45, 2.75) is 25.5 Å². The van der Waals surface area contributed by atoms with Gasteiger partial charge in [0, 0.05) is 11.5 Å². The third-order valence-corrected chi connectivity index (χ3v) is 3.36. The Labute approximate surface area is 103 Å². The summed E-state index contributed by atoms with van der Waals surface area (Å²) in [6.45, 7) is 4.00. The Morgan fingerprint density at radius 3 is 2.62 bits per heavy atom. The molecule has 0 saturated heterocycles. The lowest BCUT2D eigenvalue weighted by Gasteiger charge is -2.06. The van der Waals surface area contributed by atoms with Gasteiger partial charge in [-0.05, 0) is 24.1 Å². The molecule has 0 atom stereocenters. The van der Waals surface area contributed by atoms with Crippen LogP contribution in [0.2, 0.25) is 0 Å². The Kier molecular flexibility index (Phi) is 7.10. The number of hydrogen-bond acceptors (Lipinski definition) is 2. The molecule has 1 aromatic rings. The van der Waals surface area contributed by atoms with Gasteiger partial charge in [-0.2, -0.15) is 11.8 Å². The molecule has 0 heterocycles. The lowest BCUT2D eigenvalue weighted by molar-refractivity contribution is -0.360. The summed E-state index contributed by atoms with van der Waals surface area (Å²) in [5.74, 6) is 3.19. The lowest BCUT2D eigenvalue weighted by atomic mass is 10.2. The van der Waals surface area contributed by atoms with Crippen LogP contribution in [0.3, 0.4) is 0 Å². The topological polar surface area (TPSA) is 36.9 Å². The molecule has 1 rings (SSSR count). The quantitative estimate of drug-likeness (QED) is 0.708. The molecule has 0 fully saturated rings. The first-order valence-corrected chi connectivity index (χ1v) is 7.11. The summed E-state index contributed by atoms with van der Waals surface area (Å²) >= 11 is 1.93. The van der Waals surface area contributed by atoms with Crippen LogP contribution < -0.4 is 10.5 Å². The first-order chi connectivity index (χ1) is 7.86. The van der Waals surface area contributed by atoms with Crippen LogP contribution in [0.25, 0.3) is 0 Å². The van der Waals surface area contributed by atoms with Crippen molar-refractivity contribution in [1.29, 1.82) is 0 Å². The number of rotatable bonds is 8. The molecule has 0 amide bonds. The summed E-state index contributed by atoms with van der Waals surface area (Å²) in [4.78, 5) is 0. The maximum Gasteiger partial charge on any atom is 0.119 e. The van der Waals surface area contributed by atoms with Gasteiger partial charge in [-0.3, -0.25) is 0 Å². The van der Waals surface area contributed by atoms with Crippen LogP contribution >= 0.6 is 11.8 Å². The SMILES string of the molecule is CCCCOc1ccc(CSCC[NH3+])cc1. The van der Waals surface area contributed by atoms with E-state index in [0.29, 0.717) is 0 Å². The normalized spacial score (nSPS) is 10.4. The van der Waals surface area contributed by atoms with Crippen LogP contribution in [0, 0.1) is 0 Å². The van der Waals surface area contributed by atoms with Gasteiger partial charge < -0.3 is 10.5 Å². The molecule has 16 heavy (non-hydrogen) atoms. The van der Waals surface area contributed by atoms with E-state index in [1.54, 1.807) is 0 Å². The standard InChI is InChI=1S/C13H21NOS/c1-2-3-9-15-13-6-4-12(5-7-13)11-16-10-8-14/h4-7H,2-3,8-11,14H2,1H3/p+1. The highest BCUT2D eigenvalue weighted by Gasteiger charge is 1.96. The first-order valence-electron chi connectivity index (χ1n) is 5.95. The molecule has 0 bridgehead atoms. The van der Waals surface area contributed by atoms with Gasteiger partial charge in [0.15, 0.2) is 0 Å². The van der Waals surface area contributed by atoms with Crippen LogP contribution in [0.4, 0.5) is 0 Å². The van der Waals surface area contributed by atoms with Gasteiger partial charge in [0.05, 0.1) is 13.2 Å². The van der Waals surface area contributed by atoms with Gasteiger partial charge in [0.25, 0.3) is 0 Å². The van der Waals surface area contributed by atoms with Gasteiger partial charge in [0.1, 0.15) is 5.75 Å². The minimum Gasteiger partial charge on any atom is -0.494 e. The number of hydrogen-bond donors (Lipinski definition) is 1. The fourth-order valence-corrected chi connectivity index (χ4v) is 2.08. The van der Waals surface area contributed by atoms with Crippen molar-refractivity contribution in [3.63, 3.8) is 0 Å². The van der Waals surface area contributed by atoms with Crippen molar-refractivity contribution in [1.82, 2.24) is 0 Å². The first kappa shape index (κ1) is 13.4. The summed E-state index contributed by atoms with van der Waals surface area (Å²) < 4.78 is 5.61. The van der Waals surface area contributed by atoms with Crippen LogP contribution in [0.15, 0.2) is 24.3 Å². The molecule has 0 aliphatic carbocycles. The highest BCUT2D eigenvalue weighted by Crippen LogP contribution is 2.16. The highest BCUT2D eigenvalue weighted by atomic mass is 32.2. The molecular formula is C13H22NOS+. The zero-order valence-corrected chi connectivity index (χ0v) is 10.9. The molecule has 3 heteroatoms. The van der Waals surface area contributed by atoms with E-state index in [-0.39, 0.29) is 0 Å². The number of unbranched alkanes of at least 4 members (excludes halogenated alkanes) is 1. The second kappa shape index (κ2) is 8.48. The lowest BCUT2D eigenvalue weighted by Crippen LogP contribution is -2.51. The summed E-state index contributed by atoms with van der Waals surface area (Å²) in [5, 5.41) is 0. The number of benzene rings is 1. The van der Waals surface area contributed by atoms with Crippen molar-refractivity contribution in [3.05, 3.63) is 29.8 Å². The van der Waals surface area contributed by atoms with Crippen molar-refractivity contribution in [3.8, 4) is 5.75 Å².